The van der Waals surface area contributed by atoms with Crippen LogP contribution in [0.2, 0.25) is 0 Å². The van der Waals surface area contributed by atoms with Gasteiger partial charge in [-0.15, -0.1) is 0 Å². The number of benzene rings is 1. The predicted molar refractivity (Wildman–Crippen MR) is 115 cm³/mol. The van der Waals surface area contributed by atoms with E-state index in [1.807, 2.05) is 29.0 Å². The van der Waals surface area contributed by atoms with Gasteiger partial charge in [0.1, 0.15) is 0 Å². The third-order valence-electron chi connectivity index (χ3n) is 6.10. The molecule has 0 aliphatic heterocycles. The van der Waals surface area contributed by atoms with Gasteiger partial charge < -0.3 is 20.3 Å². The van der Waals surface area contributed by atoms with Crippen molar-refractivity contribution in [3.05, 3.63) is 54.6 Å². The quantitative estimate of drug-likeness (QED) is 0.579. The molecule has 0 saturated heterocycles. The van der Waals surface area contributed by atoms with Crippen LogP contribution in [0.5, 0.6) is 0 Å². The molecule has 3 atom stereocenters. The van der Waals surface area contributed by atoms with E-state index in [9.17, 15) is 14.7 Å². The monoisotopic (exact) mass is 412 g/mol. The van der Waals surface area contributed by atoms with Crippen LogP contribution in [-0.4, -0.2) is 45.2 Å². The molecule has 3 N–H and O–H groups in total. The summed E-state index contributed by atoms with van der Waals surface area (Å²) in [6, 6.07) is 9.94. The van der Waals surface area contributed by atoms with Gasteiger partial charge in [-0.1, -0.05) is 30.3 Å². The zero-order valence-electron chi connectivity index (χ0n) is 17.6. The van der Waals surface area contributed by atoms with E-state index in [0.717, 1.165) is 25.8 Å². The average Bonchev–Trinajstić information content (AvgIpc) is 3.20. The summed E-state index contributed by atoms with van der Waals surface area (Å²) in [7, 11) is 0. The Morgan fingerprint density at radius 3 is 2.70 bits per heavy atom. The van der Waals surface area contributed by atoms with Gasteiger partial charge in [0.25, 0.3) is 0 Å². The predicted octanol–water partition coefficient (Wildman–Crippen LogP) is 2.16. The maximum absolute atomic E-state index is 12.5. The highest BCUT2D eigenvalue weighted by atomic mass is 16.3. The Morgan fingerprint density at radius 2 is 2.00 bits per heavy atom. The van der Waals surface area contributed by atoms with Crippen LogP contribution in [-0.2, 0) is 21.5 Å². The molecule has 1 aliphatic carbocycles. The maximum Gasteiger partial charge on any atom is 0.220 e. The SMILES string of the molecule is CC(=O)N[C@H]1CC[C@](CNC(=O)CCCn2ccnc2)(c2ccccc2)CC[C@@H]1O. The lowest BCUT2D eigenvalue weighted by molar-refractivity contribution is -0.122. The van der Waals surface area contributed by atoms with Crippen molar-refractivity contribution < 1.29 is 14.7 Å². The molecule has 1 saturated carbocycles. The van der Waals surface area contributed by atoms with Gasteiger partial charge in [-0.25, -0.2) is 4.98 Å². The van der Waals surface area contributed by atoms with Crippen molar-refractivity contribution in [3.8, 4) is 0 Å². The number of aliphatic hydroxyl groups is 1. The Bertz CT molecular complexity index is 809. The van der Waals surface area contributed by atoms with Gasteiger partial charge in [-0.2, -0.15) is 0 Å². The molecule has 0 spiro atoms. The number of hydrogen-bond donors (Lipinski definition) is 3. The van der Waals surface area contributed by atoms with E-state index in [0.29, 0.717) is 25.8 Å². The van der Waals surface area contributed by atoms with Crippen molar-refractivity contribution in [1.82, 2.24) is 20.2 Å². The number of aryl methyl sites for hydroxylation is 1. The molecule has 1 heterocycles. The minimum absolute atomic E-state index is 0.0358. The number of imidazole rings is 1. The van der Waals surface area contributed by atoms with Crippen molar-refractivity contribution in [2.24, 2.45) is 0 Å². The molecule has 30 heavy (non-hydrogen) atoms. The number of rotatable bonds is 8. The van der Waals surface area contributed by atoms with E-state index in [4.69, 9.17) is 0 Å². The van der Waals surface area contributed by atoms with E-state index < -0.39 is 6.10 Å². The molecule has 7 nitrogen and oxygen atoms in total. The number of amides is 2. The first-order valence-corrected chi connectivity index (χ1v) is 10.7. The molecule has 0 unspecified atom stereocenters. The molecule has 1 aromatic carbocycles. The Balaban J connectivity index is 1.64. The molecule has 2 amide bonds. The smallest absolute Gasteiger partial charge is 0.220 e. The van der Waals surface area contributed by atoms with Crippen molar-refractivity contribution in [1.29, 1.82) is 0 Å². The van der Waals surface area contributed by atoms with E-state index in [1.54, 1.807) is 12.5 Å². The summed E-state index contributed by atoms with van der Waals surface area (Å²) < 4.78 is 1.97. The summed E-state index contributed by atoms with van der Waals surface area (Å²) in [5, 5.41) is 16.6. The summed E-state index contributed by atoms with van der Waals surface area (Å²) in [6.45, 7) is 2.77. The highest BCUT2D eigenvalue weighted by Gasteiger charge is 2.38. The van der Waals surface area contributed by atoms with Crippen LogP contribution in [0.4, 0.5) is 0 Å². The maximum atomic E-state index is 12.5. The first-order chi connectivity index (χ1) is 14.5. The van der Waals surface area contributed by atoms with Gasteiger partial charge in [0.15, 0.2) is 0 Å². The fourth-order valence-corrected chi connectivity index (χ4v) is 4.36. The van der Waals surface area contributed by atoms with Crippen LogP contribution in [0, 0.1) is 0 Å². The number of nitrogens with one attached hydrogen (secondary N) is 2. The molecule has 2 aromatic rings. The Labute approximate surface area is 177 Å². The van der Waals surface area contributed by atoms with E-state index in [1.165, 1.54) is 12.5 Å². The summed E-state index contributed by atoms with van der Waals surface area (Å²) >= 11 is 0. The molecule has 3 rings (SSSR count). The molecule has 1 aromatic heterocycles. The number of carbonyl (C=O) groups excluding carboxylic acids is 2. The normalized spacial score (nSPS) is 24.1. The van der Waals surface area contributed by atoms with Gasteiger partial charge in [-0.05, 0) is 37.7 Å². The van der Waals surface area contributed by atoms with Crippen LogP contribution in [0.15, 0.2) is 49.1 Å². The van der Waals surface area contributed by atoms with Crippen molar-refractivity contribution in [3.63, 3.8) is 0 Å². The molecular formula is C23H32N4O3. The van der Waals surface area contributed by atoms with Crippen LogP contribution in [0.25, 0.3) is 0 Å². The standard InChI is InChI=1S/C23H32N4O3/c1-18(28)26-20-9-11-23(12-10-21(20)29,19-6-3-2-4-7-19)16-25-22(30)8-5-14-27-15-13-24-17-27/h2-4,6-7,13,15,17,20-21,29H,5,8-12,14,16H2,1H3,(H,25,30)(H,26,28)/t20-,21-,23-/m0/s1. The molecule has 0 radical (unpaired) electrons. The fourth-order valence-electron chi connectivity index (χ4n) is 4.36. The highest BCUT2D eigenvalue weighted by Crippen LogP contribution is 2.38. The highest BCUT2D eigenvalue weighted by molar-refractivity contribution is 5.76. The van der Waals surface area contributed by atoms with E-state index in [-0.39, 0.29) is 23.3 Å². The van der Waals surface area contributed by atoms with E-state index in [2.05, 4.69) is 27.8 Å². The van der Waals surface area contributed by atoms with Gasteiger partial charge in [0, 0.05) is 44.2 Å². The lowest BCUT2D eigenvalue weighted by atomic mass is 9.74. The second-order valence-corrected chi connectivity index (χ2v) is 8.28. The first-order valence-electron chi connectivity index (χ1n) is 10.7. The minimum Gasteiger partial charge on any atom is -0.391 e. The van der Waals surface area contributed by atoms with Gasteiger partial charge in [0.05, 0.1) is 18.5 Å². The Kier molecular flexibility index (Phi) is 7.63. The van der Waals surface area contributed by atoms with Crippen molar-refractivity contribution in [2.45, 2.75) is 69.6 Å². The molecule has 162 valence electrons. The summed E-state index contributed by atoms with van der Waals surface area (Å²) in [5.41, 5.74) is 0.912. The first kappa shape index (κ1) is 22.0. The average molecular weight is 413 g/mol. The van der Waals surface area contributed by atoms with Gasteiger partial charge in [0.2, 0.25) is 11.8 Å². The van der Waals surface area contributed by atoms with Crippen LogP contribution in [0.3, 0.4) is 0 Å². The molecule has 1 fully saturated rings. The third kappa shape index (κ3) is 5.92. The Hall–Kier alpha value is -2.67. The lowest BCUT2D eigenvalue weighted by Crippen LogP contribution is -2.42. The second-order valence-electron chi connectivity index (χ2n) is 8.28. The lowest BCUT2D eigenvalue weighted by Gasteiger charge is -2.34. The second kappa shape index (κ2) is 10.4. The van der Waals surface area contributed by atoms with Gasteiger partial charge >= 0.3 is 0 Å². The van der Waals surface area contributed by atoms with Gasteiger partial charge in [-0.3, -0.25) is 9.59 Å². The topological polar surface area (TPSA) is 96.3 Å². The number of aromatic nitrogens is 2. The van der Waals surface area contributed by atoms with E-state index >= 15 is 0 Å². The fraction of sp³-hybridized carbons (Fsp3) is 0.522. The molecule has 7 heteroatoms. The van der Waals surface area contributed by atoms with Crippen molar-refractivity contribution >= 4 is 11.8 Å². The van der Waals surface area contributed by atoms with Crippen molar-refractivity contribution in [2.75, 3.05) is 6.54 Å². The number of aliphatic hydroxyl groups excluding tert-OH is 1. The number of nitrogens with zero attached hydrogens (tertiary/aromatic N) is 2. The largest absolute Gasteiger partial charge is 0.391 e. The number of carbonyl (C=O) groups is 2. The molecule has 1 aliphatic rings. The minimum atomic E-state index is -0.578. The summed E-state index contributed by atoms with van der Waals surface area (Å²) in [6.07, 6.45) is 8.81. The molecule has 0 bridgehead atoms. The van der Waals surface area contributed by atoms with Crippen LogP contribution in [0.1, 0.15) is 51.0 Å². The van der Waals surface area contributed by atoms with Crippen LogP contribution >= 0.6 is 0 Å². The number of hydrogen-bond acceptors (Lipinski definition) is 4. The molecular weight excluding hydrogens is 380 g/mol. The van der Waals surface area contributed by atoms with Crippen LogP contribution < -0.4 is 10.6 Å². The zero-order valence-corrected chi connectivity index (χ0v) is 17.6. The third-order valence-corrected chi connectivity index (χ3v) is 6.10. The summed E-state index contributed by atoms with van der Waals surface area (Å²) in [5.74, 6) is -0.0916. The zero-order chi connectivity index (χ0) is 21.4. The Morgan fingerprint density at radius 1 is 1.23 bits per heavy atom. The summed E-state index contributed by atoms with van der Waals surface area (Å²) in [4.78, 5) is 28.0.